The molecule has 2 unspecified atom stereocenters. The molecule has 0 aliphatic heterocycles. The number of aliphatic hydroxyl groups is 1. The smallest absolute Gasteiger partial charge is 0.0627 e. The van der Waals surface area contributed by atoms with Gasteiger partial charge in [-0.05, 0) is 13.8 Å². The molecule has 2 heteroatoms. The molecule has 0 fully saturated rings. The molecule has 11 heavy (non-hydrogen) atoms. The second-order valence-corrected chi connectivity index (χ2v) is 3.98. The summed E-state index contributed by atoms with van der Waals surface area (Å²) in [5, 5.41) is 9.45. The van der Waals surface area contributed by atoms with Gasteiger partial charge in [0.25, 0.3) is 0 Å². The number of hydrogen-bond acceptors (Lipinski definition) is 2. The highest BCUT2D eigenvalue weighted by Gasteiger charge is 2.07. The Morgan fingerprint density at radius 1 is 1.45 bits per heavy atom. The fourth-order valence-corrected chi connectivity index (χ4v) is 1.43. The van der Waals surface area contributed by atoms with Crippen LogP contribution in [0.15, 0.2) is 0 Å². The van der Waals surface area contributed by atoms with E-state index in [1.165, 1.54) is 0 Å². The molecule has 0 saturated heterocycles. The van der Waals surface area contributed by atoms with Crippen LogP contribution in [0, 0.1) is 11.8 Å². The van der Waals surface area contributed by atoms with E-state index in [-0.39, 0.29) is 6.10 Å². The molecule has 0 radical (unpaired) electrons. The Balaban J connectivity index is 3.29. The second kappa shape index (κ2) is 6.57. The minimum absolute atomic E-state index is 0.213. The molecule has 1 N–H and O–H groups in total. The van der Waals surface area contributed by atoms with Gasteiger partial charge in [-0.3, -0.25) is 0 Å². The van der Waals surface area contributed by atoms with Crippen LogP contribution in [0.2, 0.25) is 0 Å². The highest BCUT2D eigenvalue weighted by Crippen LogP contribution is 2.14. The molecule has 0 spiro atoms. The van der Waals surface area contributed by atoms with E-state index in [2.05, 4.69) is 11.8 Å². The summed E-state index contributed by atoms with van der Waals surface area (Å²) in [7, 11) is 0. The normalized spacial score (nSPS) is 14.9. The maximum Gasteiger partial charge on any atom is 0.0627 e. The minimum Gasteiger partial charge on any atom is -0.392 e. The summed E-state index contributed by atoms with van der Waals surface area (Å²) in [6, 6.07) is 0. The van der Waals surface area contributed by atoms with Crippen molar-refractivity contribution in [2.45, 2.75) is 38.5 Å². The first-order valence-corrected chi connectivity index (χ1v) is 4.92. The van der Waals surface area contributed by atoms with Crippen molar-refractivity contribution in [2.75, 3.05) is 5.75 Å². The summed E-state index contributed by atoms with van der Waals surface area (Å²) in [4.78, 5) is 0. The van der Waals surface area contributed by atoms with Crippen LogP contribution < -0.4 is 0 Å². The second-order valence-electron chi connectivity index (χ2n) is 2.49. The maximum absolute atomic E-state index is 9.12. The lowest BCUT2D eigenvalue weighted by molar-refractivity contribution is 0.196. The predicted octanol–water partition coefficient (Wildman–Crippen LogP) is 1.90. The minimum atomic E-state index is -0.213. The van der Waals surface area contributed by atoms with Crippen molar-refractivity contribution < 1.29 is 5.11 Å². The van der Waals surface area contributed by atoms with Gasteiger partial charge in [0.05, 0.1) is 6.10 Å². The van der Waals surface area contributed by atoms with Crippen molar-refractivity contribution in [1.82, 2.24) is 0 Å². The lowest BCUT2D eigenvalue weighted by Crippen LogP contribution is -2.15. The monoisotopic (exact) mass is 172 g/mol. The average molecular weight is 172 g/mol. The number of rotatable bonds is 4. The molecule has 0 amide bonds. The first-order chi connectivity index (χ1) is 5.18. The Bertz CT molecular complexity index is 143. The van der Waals surface area contributed by atoms with Crippen LogP contribution in [0.25, 0.3) is 0 Å². The van der Waals surface area contributed by atoms with Crippen molar-refractivity contribution in [3.63, 3.8) is 0 Å². The van der Waals surface area contributed by atoms with Gasteiger partial charge in [0, 0.05) is 17.4 Å². The summed E-state index contributed by atoms with van der Waals surface area (Å²) in [6.45, 7) is 5.71. The van der Waals surface area contributed by atoms with Gasteiger partial charge < -0.3 is 5.11 Å². The molecule has 0 saturated carbocycles. The van der Waals surface area contributed by atoms with Crippen LogP contribution >= 0.6 is 11.8 Å². The Kier molecular flexibility index (Phi) is 6.49. The summed E-state index contributed by atoms with van der Waals surface area (Å²) >= 11 is 1.77. The summed E-state index contributed by atoms with van der Waals surface area (Å²) in [6.07, 6.45) is 0.715. The Hall–Kier alpha value is -0.130. The van der Waals surface area contributed by atoms with Crippen LogP contribution in [0.5, 0.6) is 0 Å². The molecule has 0 rings (SSSR count). The van der Waals surface area contributed by atoms with Crippen LogP contribution in [0.1, 0.15) is 27.2 Å². The van der Waals surface area contributed by atoms with E-state index >= 15 is 0 Å². The zero-order valence-corrected chi connectivity index (χ0v) is 8.24. The highest BCUT2D eigenvalue weighted by molar-refractivity contribution is 7.99. The number of thioether (sulfide) groups is 1. The van der Waals surface area contributed by atoms with Gasteiger partial charge in [0.2, 0.25) is 0 Å². The molecule has 0 aliphatic carbocycles. The lowest BCUT2D eigenvalue weighted by atomic mass is 10.3. The van der Waals surface area contributed by atoms with Gasteiger partial charge in [0.15, 0.2) is 0 Å². The summed E-state index contributed by atoms with van der Waals surface area (Å²) in [5.41, 5.74) is 0. The number of aliphatic hydroxyl groups excluding tert-OH is 1. The molecular weight excluding hydrogens is 156 g/mol. The van der Waals surface area contributed by atoms with Crippen LogP contribution in [0.4, 0.5) is 0 Å². The van der Waals surface area contributed by atoms with Crippen LogP contribution in [0.3, 0.4) is 0 Å². The first-order valence-electron chi connectivity index (χ1n) is 3.87. The van der Waals surface area contributed by atoms with E-state index in [1.807, 2.05) is 20.8 Å². The molecule has 0 aliphatic rings. The molecule has 0 aromatic heterocycles. The third-order valence-electron chi connectivity index (χ3n) is 1.46. The Labute approximate surface area is 73.6 Å². The first kappa shape index (κ1) is 10.9. The van der Waals surface area contributed by atoms with E-state index in [9.17, 15) is 0 Å². The van der Waals surface area contributed by atoms with E-state index in [1.54, 1.807) is 11.8 Å². The van der Waals surface area contributed by atoms with Gasteiger partial charge in [0.1, 0.15) is 0 Å². The summed E-state index contributed by atoms with van der Waals surface area (Å²) in [5.74, 6) is 6.86. The molecule has 0 heterocycles. The molecule has 1 nitrogen and oxygen atoms in total. The SMILES string of the molecule is CC#CCCSC(C)C(C)O. The molecule has 0 aromatic rings. The van der Waals surface area contributed by atoms with Crippen molar-refractivity contribution in [1.29, 1.82) is 0 Å². The van der Waals surface area contributed by atoms with Crippen LogP contribution in [-0.4, -0.2) is 22.2 Å². The fraction of sp³-hybridized carbons (Fsp3) is 0.778. The van der Waals surface area contributed by atoms with E-state index in [0.717, 1.165) is 12.2 Å². The van der Waals surface area contributed by atoms with Gasteiger partial charge >= 0.3 is 0 Å². The Morgan fingerprint density at radius 3 is 2.55 bits per heavy atom. The third kappa shape index (κ3) is 6.28. The average Bonchev–Trinajstić information content (AvgIpc) is 1.97. The van der Waals surface area contributed by atoms with E-state index in [4.69, 9.17) is 5.11 Å². The predicted molar refractivity (Wildman–Crippen MR) is 51.7 cm³/mol. The zero-order valence-electron chi connectivity index (χ0n) is 7.42. The Morgan fingerprint density at radius 2 is 2.09 bits per heavy atom. The topological polar surface area (TPSA) is 20.2 Å². The van der Waals surface area contributed by atoms with Gasteiger partial charge in [-0.15, -0.1) is 11.8 Å². The largest absolute Gasteiger partial charge is 0.392 e. The van der Waals surface area contributed by atoms with E-state index < -0.39 is 0 Å². The van der Waals surface area contributed by atoms with Crippen molar-refractivity contribution >= 4 is 11.8 Å². The van der Waals surface area contributed by atoms with Crippen molar-refractivity contribution in [3.8, 4) is 11.8 Å². The lowest BCUT2D eigenvalue weighted by Gasteiger charge is -2.12. The van der Waals surface area contributed by atoms with Gasteiger partial charge in [-0.1, -0.05) is 6.92 Å². The zero-order chi connectivity index (χ0) is 8.69. The van der Waals surface area contributed by atoms with E-state index in [0.29, 0.717) is 5.25 Å². The standard InChI is InChI=1S/C9H16OS/c1-4-5-6-7-11-9(3)8(2)10/h8-10H,6-7H2,1-3H3. The fourth-order valence-electron chi connectivity index (χ4n) is 0.560. The molecular formula is C9H16OS. The van der Waals surface area contributed by atoms with Crippen LogP contribution in [-0.2, 0) is 0 Å². The number of hydrogen-bond donors (Lipinski definition) is 1. The third-order valence-corrected chi connectivity index (χ3v) is 2.82. The molecule has 64 valence electrons. The molecule has 0 bridgehead atoms. The van der Waals surface area contributed by atoms with Gasteiger partial charge in [-0.2, -0.15) is 11.8 Å². The van der Waals surface area contributed by atoms with Crippen molar-refractivity contribution in [3.05, 3.63) is 0 Å². The van der Waals surface area contributed by atoms with Gasteiger partial charge in [-0.25, -0.2) is 0 Å². The van der Waals surface area contributed by atoms with Crippen molar-refractivity contribution in [2.24, 2.45) is 0 Å². The maximum atomic E-state index is 9.12. The quantitative estimate of drug-likeness (QED) is 0.516. The molecule has 2 atom stereocenters. The summed E-state index contributed by atoms with van der Waals surface area (Å²) < 4.78 is 0. The molecule has 0 aromatic carbocycles. The highest BCUT2D eigenvalue weighted by atomic mass is 32.2.